The molecule has 5 heteroatoms. The van der Waals surface area contributed by atoms with Crippen LogP contribution in [0.5, 0.6) is 5.75 Å². The van der Waals surface area contributed by atoms with Gasteiger partial charge in [0.2, 0.25) is 0 Å². The zero-order valence-corrected chi connectivity index (χ0v) is 14.4. The molecule has 1 aromatic rings. The lowest BCUT2D eigenvalue weighted by Crippen LogP contribution is -2.44. The van der Waals surface area contributed by atoms with Gasteiger partial charge in [-0.2, -0.15) is 0 Å². The first kappa shape index (κ1) is 15.3. The van der Waals surface area contributed by atoms with Gasteiger partial charge in [0, 0.05) is 30.7 Å². The van der Waals surface area contributed by atoms with E-state index in [4.69, 9.17) is 0 Å². The van der Waals surface area contributed by atoms with Crippen LogP contribution in [0.1, 0.15) is 12.0 Å². The van der Waals surface area contributed by atoms with E-state index in [2.05, 4.69) is 48.7 Å². The van der Waals surface area contributed by atoms with Crippen molar-refractivity contribution in [2.45, 2.75) is 12.8 Å². The van der Waals surface area contributed by atoms with Crippen molar-refractivity contribution >= 4 is 31.9 Å². The number of hydrogen-bond donors (Lipinski definition) is 1. The average molecular weight is 392 g/mol. The van der Waals surface area contributed by atoms with E-state index in [1.807, 2.05) is 12.1 Å². The third-order valence-corrected chi connectivity index (χ3v) is 4.69. The molecule has 2 rings (SSSR count). The molecule has 1 N–H and O–H groups in total. The Labute approximate surface area is 131 Å². The number of nitrogens with zero attached hydrogens (tertiary/aromatic N) is 2. The number of halogens is 2. The van der Waals surface area contributed by atoms with E-state index in [0.29, 0.717) is 5.75 Å². The lowest BCUT2D eigenvalue weighted by atomic mass is 10.1. The second-order valence-corrected chi connectivity index (χ2v) is 6.91. The van der Waals surface area contributed by atoms with Crippen molar-refractivity contribution in [3.63, 3.8) is 0 Å². The Morgan fingerprint density at radius 1 is 1.16 bits per heavy atom. The molecule has 0 aromatic heterocycles. The normalized spacial score (nSPS) is 17.8. The van der Waals surface area contributed by atoms with Gasteiger partial charge in [0.05, 0.1) is 4.47 Å². The topological polar surface area (TPSA) is 26.7 Å². The number of aromatic hydroxyl groups is 1. The highest BCUT2D eigenvalue weighted by molar-refractivity contribution is 9.11. The zero-order valence-electron chi connectivity index (χ0n) is 11.2. The van der Waals surface area contributed by atoms with E-state index < -0.39 is 0 Å². The van der Waals surface area contributed by atoms with Crippen molar-refractivity contribution in [3.8, 4) is 5.75 Å². The first-order chi connectivity index (χ1) is 9.06. The van der Waals surface area contributed by atoms with E-state index in [-0.39, 0.29) is 0 Å². The first-order valence-electron chi connectivity index (χ1n) is 6.64. The summed E-state index contributed by atoms with van der Waals surface area (Å²) in [5.74, 6) is 0.376. The van der Waals surface area contributed by atoms with Crippen LogP contribution in [0.25, 0.3) is 0 Å². The number of rotatable bonds is 4. The molecule has 0 atom stereocenters. The van der Waals surface area contributed by atoms with Crippen molar-refractivity contribution in [1.82, 2.24) is 9.80 Å². The molecular formula is C14H20Br2N2O. The van der Waals surface area contributed by atoms with Gasteiger partial charge in [0.25, 0.3) is 0 Å². The summed E-state index contributed by atoms with van der Waals surface area (Å²) < 4.78 is 1.77. The molecular weight excluding hydrogens is 372 g/mol. The fourth-order valence-corrected chi connectivity index (χ4v) is 3.69. The Kier molecular flexibility index (Phi) is 5.69. The van der Waals surface area contributed by atoms with Crippen LogP contribution in [0.4, 0.5) is 0 Å². The smallest absolute Gasteiger partial charge is 0.133 e. The van der Waals surface area contributed by atoms with Crippen LogP contribution in [-0.2, 0) is 6.42 Å². The third kappa shape index (κ3) is 4.45. The summed E-state index contributed by atoms with van der Waals surface area (Å²) in [6, 6.07) is 3.88. The standard InChI is InChI=1S/C14H20Br2N2O/c1-17-5-7-18(8-6-17)4-2-3-11-9-12(15)10-13(16)14(11)19/h9-10,19H,2-8H2,1H3. The number of benzene rings is 1. The molecule has 1 aliphatic rings. The monoisotopic (exact) mass is 390 g/mol. The van der Waals surface area contributed by atoms with Crippen molar-refractivity contribution in [3.05, 3.63) is 26.6 Å². The number of piperazine rings is 1. The number of likely N-dealkylation sites (N-methyl/N-ethyl adjacent to an activating group) is 1. The second-order valence-electron chi connectivity index (χ2n) is 5.14. The van der Waals surface area contributed by atoms with Crippen LogP contribution in [0.2, 0.25) is 0 Å². The van der Waals surface area contributed by atoms with Gasteiger partial charge in [-0.1, -0.05) is 15.9 Å². The van der Waals surface area contributed by atoms with Gasteiger partial charge in [-0.3, -0.25) is 0 Å². The van der Waals surface area contributed by atoms with Gasteiger partial charge in [0.15, 0.2) is 0 Å². The van der Waals surface area contributed by atoms with Gasteiger partial charge in [-0.25, -0.2) is 0 Å². The largest absolute Gasteiger partial charge is 0.506 e. The predicted molar refractivity (Wildman–Crippen MR) is 85.8 cm³/mol. The molecule has 0 amide bonds. The minimum absolute atomic E-state index is 0.376. The molecule has 1 saturated heterocycles. The first-order valence-corrected chi connectivity index (χ1v) is 8.22. The number of aryl methyl sites for hydroxylation is 1. The molecule has 1 heterocycles. The van der Waals surface area contributed by atoms with Crippen LogP contribution in [0, 0.1) is 0 Å². The lowest BCUT2D eigenvalue weighted by Gasteiger charge is -2.32. The average Bonchev–Trinajstić information content (AvgIpc) is 2.37. The summed E-state index contributed by atoms with van der Waals surface area (Å²) >= 11 is 6.84. The van der Waals surface area contributed by atoms with Crippen LogP contribution in [0.15, 0.2) is 21.1 Å². The van der Waals surface area contributed by atoms with E-state index in [1.165, 1.54) is 0 Å². The summed E-state index contributed by atoms with van der Waals surface area (Å²) in [5.41, 5.74) is 1.01. The van der Waals surface area contributed by atoms with Crippen LogP contribution >= 0.6 is 31.9 Å². The highest BCUT2D eigenvalue weighted by Crippen LogP contribution is 2.32. The molecule has 0 bridgehead atoms. The van der Waals surface area contributed by atoms with E-state index in [1.54, 1.807) is 0 Å². The van der Waals surface area contributed by atoms with Crippen LogP contribution in [-0.4, -0.2) is 54.7 Å². The molecule has 0 spiro atoms. The SMILES string of the molecule is CN1CCN(CCCc2cc(Br)cc(Br)c2O)CC1. The van der Waals surface area contributed by atoms with E-state index >= 15 is 0 Å². The summed E-state index contributed by atoms with van der Waals surface area (Å²) in [6.07, 6.45) is 2.00. The van der Waals surface area contributed by atoms with E-state index in [0.717, 1.165) is 60.1 Å². The zero-order chi connectivity index (χ0) is 13.8. The Balaban J connectivity index is 1.83. The van der Waals surface area contributed by atoms with Crippen molar-refractivity contribution in [1.29, 1.82) is 0 Å². The van der Waals surface area contributed by atoms with Gasteiger partial charge in [-0.05, 0) is 60.1 Å². The molecule has 0 aliphatic carbocycles. The molecule has 1 fully saturated rings. The maximum Gasteiger partial charge on any atom is 0.133 e. The summed E-state index contributed by atoms with van der Waals surface area (Å²) in [4.78, 5) is 4.87. The van der Waals surface area contributed by atoms with Gasteiger partial charge < -0.3 is 14.9 Å². The molecule has 3 nitrogen and oxygen atoms in total. The number of hydrogen-bond acceptors (Lipinski definition) is 3. The molecule has 19 heavy (non-hydrogen) atoms. The minimum Gasteiger partial charge on any atom is -0.506 e. The second kappa shape index (κ2) is 7.07. The molecule has 106 valence electrons. The fraction of sp³-hybridized carbons (Fsp3) is 0.571. The van der Waals surface area contributed by atoms with Gasteiger partial charge in [0.1, 0.15) is 5.75 Å². The Morgan fingerprint density at radius 3 is 2.53 bits per heavy atom. The summed E-state index contributed by atoms with van der Waals surface area (Å²) in [7, 11) is 2.18. The van der Waals surface area contributed by atoms with Gasteiger partial charge >= 0.3 is 0 Å². The Hall–Kier alpha value is -0.100. The predicted octanol–water partition coefficient (Wildman–Crippen LogP) is 3.10. The quantitative estimate of drug-likeness (QED) is 0.854. The van der Waals surface area contributed by atoms with Crippen LogP contribution in [0.3, 0.4) is 0 Å². The van der Waals surface area contributed by atoms with Crippen molar-refractivity contribution < 1.29 is 5.11 Å². The third-order valence-electron chi connectivity index (χ3n) is 3.62. The maximum absolute atomic E-state index is 10.0. The van der Waals surface area contributed by atoms with Gasteiger partial charge in [-0.15, -0.1) is 0 Å². The molecule has 0 saturated carbocycles. The van der Waals surface area contributed by atoms with Crippen molar-refractivity contribution in [2.24, 2.45) is 0 Å². The minimum atomic E-state index is 0.376. The molecule has 0 unspecified atom stereocenters. The van der Waals surface area contributed by atoms with Crippen molar-refractivity contribution in [2.75, 3.05) is 39.8 Å². The Bertz CT molecular complexity index is 432. The molecule has 1 aromatic carbocycles. The molecule has 1 aliphatic heterocycles. The molecule has 0 radical (unpaired) electrons. The highest BCUT2D eigenvalue weighted by atomic mass is 79.9. The Morgan fingerprint density at radius 2 is 1.84 bits per heavy atom. The van der Waals surface area contributed by atoms with E-state index in [9.17, 15) is 5.11 Å². The maximum atomic E-state index is 10.0. The number of phenolic OH excluding ortho intramolecular Hbond substituents is 1. The highest BCUT2D eigenvalue weighted by Gasteiger charge is 2.13. The lowest BCUT2D eigenvalue weighted by molar-refractivity contribution is 0.153. The fourth-order valence-electron chi connectivity index (χ4n) is 2.37. The summed E-state index contributed by atoms with van der Waals surface area (Å²) in [6.45, 7) is 5.74. The van der Waals surface area contributed by atoms with Crippen LogP contribution < -0.4 is 0 Å². The summed E-state index contributed by atoms with van der Waals surface area (Å²) in [5, 5.41) is 10.0. The number of phenols is 1.